The summed E-state index contributed by atoms with van der Waals surface area (Å²) >= 11 is 0. The van der Waals surface area contributed by atoms with E-state index >= 15 is 0 Å². The number of primary amides is 1. The molecule has 0 bridgehead atoms. The normalized spacial score (nSPS) is 11.9. The number of aryl methyl sites for hydroxylation is 2. The fourth-order valence-electron chi connectivity index (χ4n) is 1.99. The number of aromatic nitrogens is 3. The van der Waals surface area contributed by atoms with Crippen molar-refractivity contribution < 1.29 is 14.7 Å². The number of carboxylic acid groups (broad SMARTS) is 1. The van der Waals surface area contributed by atoms with Crippen LogP contribution in [0.15, 0.2) is 24.7 Å². The maximum Gasteiger partial charge on any atom is 0.330 e. The van der Waals surface area contributed by atoms with E-state index in [9.17, 15) is 14.7 Å². The molecule has 8 heteroatoms. The molecule has 0 radical (unpaired) electrons. The third kappa shape index (κ3) is 2.99. The lowest BCUT2D eigenvalue weighted by Gasteiger charge is -2.16. The Hall–Kier alpha value is -2.90. The molecule has 21 heavy (non-hydrogen) atoms. The Bertz CT molecular complexity index is 695. The number of aliphatic carboxylic acids is 1. The maximum absolute atomic E-state index is 11.5. The minimum atomic E-state index is -1.11. The lowest BCUT2D eigenvalue weighted by Crippen LogP contribution is -2.24. The third-order valence-electron chi connectivity index (χ3n) is 2.99. The molecule has 2 rings (SSSR count). The van der Waals surface area contributed by atoms with Crippen molar-refractivity contribution in [3.05, 3.63) is 41.3 Å². The number of carbonyl (C=O) groups is 2. The van der Waals surface area contributed by atoms with Crippen LogP contribution in [0.2, 0.25) is 0 Å². The van der Waals surface area contributed by atoms with E-state index in [0.29, 0.717) is 11.1 Å². The van der Waals surface area contributed by atoms with E-state index in [2.05, 4.69) is 15.4 Å². The van der Waals surface area contributed by atoms with Crippen molar-refractivity contribution in [3.63, 3.8) is 0 Å². The summed E-state index contributed by atoms with van der Waals surface area (Å²) in [6.07, 6.45) is 4.49. The summed E-state index contributed by atoms with van der Waals surface area (Å²) in [5.74, 6) is -1.64. The van der Waals surface area contributed by atoms with Crippen molar-refractivity contribution in [2.24, 2.45) is 12.8 Å². The Labute approximate surface area is 120 Å². The molecule has 0 fully saturated rings. The summed E-state index contributed by atoms with van der Waals surface area (Å²) in [4.78, 5) is 27.0. The highest BCUT2D eigenvalue weighted by Crippen LogP contribution is 2.22. The minimum Gasteiger partial charge on any atom is -0.479 e. The third-order valence-corrected chi connectivity index (χ3v) is 2.99. The predicted molar refractivity (Wildman–Crippen MR) is 74.7 cm³/mol. The first-order chi connectivity index (χ1) is 9.90. The van der Waals surface area contributed by atoms with Gasteiger partial charge < -0.3 is 16.2 Å². The molecule has 2 aromatic heterocycles. The van der Waals surface area contributed by atoms with Crippen LogP contribution < -0.4 is 11.1 Å². The average Bonchev–Trinajstić information content (AvgIpc) is 2.81. The van der Waals surface area contributed by atoms with E-state index in [1.54, 1.807) is 26.2 Å². The summed E-state index contributed by atoms with van der Waals surface area (Å²) in [6.45, 7) is 1.70. The molecule has 0 saturated carbocycles. The number of carboxylic acids is 1. The molecule has 2 heterocycles. The van der Waals surface area contributed by atoms with Crippen LogP contribution in [-0.2, 0) is 11.8 Å². The van der Waals surface area contributed by atoms with Crippen LogP contribution in [-0.4, -0.2) is 31.7 Å². The second-order valence-corrected chi connectivity index (χ2v) is 4.58. The highest BCUT2D eigenvalue weighted by atomic mass is 16.4. The van der Waals surface area contributed by atoms with Gasteiger partial charge in [0, 0.05) is 25.0 Å². The number of nitrogens with two attached hydrogens (primary N) is 1. The van der Waals surface area contributed by atoms with Crippen LogP contribution in [0.5, 0.6) is 0 Å². The van der Waals surface area contributed by atoms with Crippen molar-refractivity contribution >= 4 is 17.7 Å². The molecule has 0 spiro atoms. The van der Waals surface area contributed by atoms with Gasteiger partial charge in [0.2, 0.25) is 0 Å². The maximum atomic E-state index is 11.5. The second-order valence-electron chi connectivity index (χ2n) is 4.58. The monoisotopic (exact) mass is 289 g/mol. The number of nitrogens with zero attached hydrogens (tertiary/aromatic N) is 3. The molecule has 1 unspecified atom stereocenters. The SMILES string of the molecule is Cc1ccnc(NC(C(=O)O)c2cnn(C)c2)c1C(N)=O. The zero-order chi connectivity index (χ0) is 15.6. The lowest BCUT2D eigenvalue weighted by molar-refractivity contribution is -0.138. The lowest BCUT2D eigenvalue weighted by atomic mass is 10.1. The van der Waals surface area contributed by atoms with E-state index < -0.39 is 17.9 Å². The summed E-state index contributed by atoms with van der Waals surface area (Å²) < 4.78 is 1.49. The van der Waals surface area contributed by atoms with Gasteiger partial charge in [-0.2, -0.15) is 5.10 Å². The van der Waals surface area contributed by atoms with Crippen molar-refractivity contribution in [3.8, 4) is 0 Å². The van der Waals surface area contributed by atoms with Crippen LogP contribution in [0, 0.1) is 6.92 Å². The van der Waals surface area contributed by atoms with Crippen LogP contribution in [0.3, 0.4) is 0 Å². The van der Waals surface area contributed by atoms with E-state index in [-0.39, 0.29) is 11.4 Å². The Kier molecular flexibility index (Phi) is 3.88. The van der Waals surface area contributed by atoms with Crippen LogP contribution >= 0.6 is 0 Å². The Morgan fingerprint density at radius 1 is 1.48 bits per heavy atom. The van der Waals surface area contributed by atoms with Crippen molar-refractivity contribution in [2.75, 3.05) is 5.32 Å². The van der Waals surface area contributed by atoms with Gasteiger partial charge in [-0.1, -0.05) is 0 Å². The number of hydrogen-bond acceptors (Lipinski definition) is 5. The summed E-state index contributed by atoms with van der Waals surface area (Å²) in [6, 6.07) is 0.552. The molecule has 8 nitrogen and oxygen atoms in total. The summed E-state index contributed by atoms with van der Waals surface area (Å²) in [7, 11) is 1.68. The molecule has 110 valence electrons. The van der Waals surface area contributed by atoms with E-state index in [1.165, 1.54) is 17.1 Å². The number of pyridine rings is 1. The molecule has 0 aliphatic rings. The van der Waals surface area contributed by atoms with Crippen LogP contribution in [0.25, 0.3) is 0 Å². The predicted octanol–water partition coefficient (Wildman–Crippen LogP) is 0.460. The van der Waals surface area contributed by atoms with Gasteiger partial charge >= 0.3 is 5.97 Å². The standard InChI is InChI=1S/C13H15N5O3/c1-7-3-4-15-12(9(7)11(14)19)17-10(13(20)21)8-5-16-18(2)6-8/h3-6,10H,1-2H3,(H2,14,19)(H,15,17)(H,20,21). The largest absolute Gasteiger partial charge is 0.479 e. The fourth-order valence-corrected chi connectivity index (χ4v) is 1.99. The summed E-state index contributed by atoms with van der Waals surface area (Å²) in [5, 5.41) is 16.0. The quantitative estimate of drug-likeness (QED) is 0.734. The molecule has 0 aliphatic carbocycles. The molecule has 1 atom stereocenters. The molecule has 2 aromatic rings. The van der Waals surface area contributed by atoms with E-state index in [4.69, 9.17) is 5.73 Å². The number of carbonyl (C=O) groups excluding carboxylic acids is 1. The topological polar surface area (TPSA) is 123 Å². The van der Waals surface area contributed by atoms with Crippen molar-refractivity contribution in [1.29, 1.82) is 0 Å². The zero-order valence-electron chi connectivity index (χ0n) is 11.6. The number of anilines is 1. The highest BCUT2D eigenvalue weighted by Gasteiger charge is 2.24. The first-order valence-electron chi connectivity index (χ1n) is 6.13. The Morgan fingerprint density at radius 3 is 2.71 bits per heavy atom. The number of hydrogen-bond donors (Lipinski definition) is 3. The minimum absolute atomic E-state index is 0.138. The van der Waals surface area contributed by atoms with Crippen molar-refractivity contribution in [1.82, 2.24) is 14.8 Å². The van der Waals surface area contributed by atoms with Gasteiger partial charge in [-0.05, 0) is 18.6 Å². The van der Waals surface area contributed by atoms with Gasteiger partial charge in [0.1, 0.15) is 5.82 Å². The highest BCUT2D eigenvalue weighted by molar-refractivity contribution is 5.99. The first-order valence-corrected chi connectivity index (χ1v) is 6.13. The first kappa shape index (κ1) is 14.5. The van der Waals surface area contributed by atoms with Gasteiger partial charge in [-0.15, -0.1) is 0 Å². The molecular formula is C13H15N5O3. The van der Waals surface area contributed by atoms with E-state index in [0.717, 1.165) is 0 Å². The van der Waals surface area contributed by atoms with Gasteiger partial charge in [0.05, 0.1) is 11.8 Å². The molecular weight excluding hydrogens is 274 g/mol. The number of nitrogens with one attached hydrogen (secondary N) is 1. The zero-order valence-corrected chi connectivity index (χ0v) is 11.6. The average molecular weight is 289 g/mol. The molecule has 0 aliphatic heterocycles. The van der Waals surface area contributed by atoms with Gasteiger partial charge in [-0.25, -0.2) is 9.78 Å². The Morgan fingerprint density at radius 2 is 2.19 bits per heavy atom. The van der Waals surface area contributed by atoms with Crippen molar-refractivity contribution in [2.45, 2.75) is 13.0 Å². The van der Waals surface area contributed by atoms with Crippen LogP contribution in [0.4, 0.5) is 5.82 Å². The summed E-state index contributed by atoms with van der Waals surface area (Å²) in [5.41, 5.74) is 6.57. The molecule has 1 amide bonds. The van der Waals surface area contributed by atoms with Crippen LogP contribution in [0.1, 0.15) is 27.5 Å². The molecule has 4 N–H and O–H groups in total. The van der Waals surface area contributed by atoms with Gasteiger partial charge in [0.15, 0.2) is 6.04 Å². The molecule has 0 saturated heterocycles. The fraction of sp³-hybridized carbons (Fsp3) is 0.231. The van der Waals surface area contributed by atoms with Gasteiger partial charge in [0.25, 0.3) is 5.91 Å². The number of amides is 1. The molecule has 0 aromatic carbocycles. The smallest absolute Gasteiger partial charge is 0.330 e. The Balaban J connectivity index is 2.41. The second kappa shape index (κ2) is 5.61. The van der Waals surface area contributed by atoms with Gasteiger partial charge in [-0.3, -0.25) is 9.48 Å². The number of rotatable bonds is 5. The van der Waals surface area contributed by atoms with E-state index in [1.807, 2.05) is 0 Å².